The van der Waals surface area contributed by atoms with E-state index in [1.165, 1.54) is 18.2 Å². The van der Waals surface area contributed by atoms with Gasteiger partial charge in [-0.1, -0.05) is 23.7 Å². The summed E-state index contributed by atoms with van der Waals surface area (Å²) in [5, 5.41) is 0.400. The first-order valence-corrected chi connectivity index (χ1v) is 6.18. The average Bonchev–Trinajstić information content (AvgIpc) is 2.73. The van der Waals surface area contributed by atoms with E-state index in [2.05, 4.69) is 4.72 Å². The number of hydrogen-bond donors (Lipinski definition) is 1. The molecule has 0 unspecified atom stereocenters. The maximum absolute atomic E-state index is 13.8. The van der Waals surface area contributed by atoms with Crippen LogP contribution in [-0.2, 0) is 0 Å². The number of hydrogen-bond acceptors (Lipinski definition) is 3. The summed E-state index contributed by atoms with van der Waals surface area (Å²) in [6.07, 6.45) is 0. The molecule has 0 spiro atoms. The van der Waals surface area contributed by atoms with Gasteiger partial charge in [-0.25, -0.2) is 4.39 Å². The van der Waals surface area contributed by atoms with Gasteiger partial charge < -0.3 is 4.72 Å². The third-order valence-electron chi connectivity index (χ3n) is 2.50. The third kappa shape index (κ3) is 1.83. The van der Waals surface area contributed by atoms with Crippen LogP contribution in [0, 0.1) is 5.82 Å². The molecule has 0 radical (unpaired) electrons. The minimum Gasteiger partial charge on any atom is -0.310 e. The van der Waals surface area contributed by atoms with E-state index in [-0.39, 0.29) is 5.82 Å². The Bertz CT molecular complexity index is 576. The second kappa shape index (κ2) is 4.13. The quantitative estimate of drug-likeness (QED) is 0.759. The van der Waals surface area contributed by atoms with Crippen molar-refractivity contribution in [2.45, 2.75) is 0 Å². The highest BCUT2D eigenvalue weighted by molar-refractivity contribution is 8.02. The van der Waals surface area contributed by atoms with Crippen LogP contribution in [0.1, 0.15) is 0 Å². The maximum atomic E-state index is 13.8. The molecule has 0 fully saturated rings. The SMILES string of the molecule is Fc1cc(Cl)ccc1N1SNc2ccccc21. The monoisotopic (exact) mass is 266 g/mol. The lowest BCUT2D eigenvalue weighted by Crippen LogP contribution is -2.04. The van der Waals surface area contributed by atoms with Crippen molar-refractivity contribution in [2.24, 2.45) is 0 Å². The molecular formula is C12H8ClFN2S. The predicted octanol–water partition coefficient (Wildman–Crippen LogP) is 4.61. The van der Waals surface area contributed by atoms with Gasteiger partial charge in [0.2, 0.25) is 0 Å². The Morgan fingerprint density at radius 2 is 1.94 bits per heavy atom. The number of nitrogens with zero attached hydrogens (tertiary/aromatic N) is 1. The van der Waals surface area contributed by atoms with Gasteiger partial charge in [0.05, 0.1) is 29.2 Å². The fourth-order valence-corrected chi connectivity index (χ4v) is 2.73. The van der Waals surface area contributed by atoms with Gasteiger partial charge in [-0.3, -0.25) is 4.31 Å². The van der Waals surface area contributed by atoms with E-state index in [1.807, 2.05) is 24.3 Å². The van der Waals surface area contributed by atoms with Crippen molar-refractivity contribution in [1.82, 2.24) is 0 Å². The van der Waals surface area contributed by atoms with Gasteiger partial charge in [-0.05, 0) is 30.3 Å². The van der Waals surface area contributed by atoms with Gasteiger partial charge in [0.15, 0.2) is 0 Å². The van der Waals surface area contributed by atoms with Crippen molar-refractivity contribution in [3.63, 3.8) is 0 Å². The van der Waals surface area contributed by atoms with Crippen molar-refractivity contribution >= 4 is 40.8 Å². The zero-order valence-corrected chi connectivity index (χ0v) is 10.2. The van der Waals surface area contributed by atoms with Crippen LogP contribution in [0.3, 0.4) is 0 Å². The summed E-state index contributed by atoms with van der Waals surface area (Å²) in [6.45, 7) is 0. The highest BCUT2D eigenvalue weighted by Gasteiger charge is 2.23. The van der Waals surface area contributed by atoms with E-state index < -0.39 is 0 Å². The summed E-state index contributed by atoms with van der Waals surface area (Å²) >= 11 is 7.09. The Labute approximate surface area is 108 Å². The molecule has 0 aliphatic carbocycles. The van der Waals surface area contributed by atoms with Crippen LogP contribution in [0.2, 0.25) is 5.02 Å². The molecule has 17 heavy (non-hydrogen) atoms. The lowest BCUT2D eigenvalue weighted by Gasteiger charge is -2.16. The second-order valence-corrected chi connectivity index (χ2v) is 4.79. The van der Waals surface area contributed by atoms with Crippen LogP contribution in [0.25, 0.3) is 0 Å². The van der Waals surface area contributed by atoms with Crippen molar-refractivity contribution in [2.75, 3.05) is 9.03 Å². The molecule has 1 aliphatic rings. The summed E-state index contributed by atoms with van der Waals surface area (Å²) in [5.41, 5.74) is 2.42. The van der Waals surface area contributed by atoms with Gasteiger partial charge in [0, 0.05) is 5.02 Å². The van der Waals surface area contributed by atoms with Crippen molar-refractivity contribution in [3.05, 3.63) is 53.3 Å². The predicted molar refractivity (Wildman–Crippen MR) is 71.2 cm³/mol. The fourth-order valence-electron chi connectivity index (χ4n) is 1.71. The molecule has 86 valence electrons. The molecule has 0 aromatic heterocycles. The van der Waals surface area contributed by atoms with Crippen LogP contribution >= 0.6 is 23.7 Å². The van der Waals surface area contributed by atoms with E-state index >= 15 is 0 Å². The first-order valence-electron chi connectivity index (χ1n) is 5.03. The summed E-state index contributed by atoms with van der Waals surface area (Å²) < 4.78 is 18.8. The van der Waals surface area contributed by atoms with Gasteiger partial charge >= 0.3 is 0 Å². The van der Waals surface area contributed by atoms with Gasteiger partial charge in [0.25, 0.3) is 0 Å². The topological polar surface area (TPSA) is 15.3 Å². The largest absolute Gasteiger partial charge is 0.310 e. The number of anilines is 3. The molecular weight excluding hydrogens is 259 g/mol. The maximum Gasteiger partial charge on any atom is 0.149 e. The van der Waals surface area contributed by atoms with Crippen LogP contribution in [0.5, 0.6) is 0 Å². The zero-order valence-electron chi connectivity index (χ0n) is 8.65. The summed E-state index contributed by atoms with van der Waals surface area (Å²) in [7, 11) is 0. The van der Waals surface area contributed by atoms with Crippen LogP contribution in [0.4, 0.5) is 21.5 Å². The minimum absolute atomic E-state index is 0.330. The average molecular weight is 267 g/mol. The smallest absolute Gasteiger partial charge is 0.149 e. The van der Waals surface area contributed by atoms with Crippen molar-refractivity contribution < 1.29 is 4.39 Å². The molecule has 2 nitrogen and oxygen atoms in total. The van der Waals surface area contributed by atoms with Gasteiger partial charge in [-0.15, -0.1) is 0 Å². The Morgan fingerprint density at radius 3 is 2.76 bits per heavy atom. The summed E-state index contributed by atoms with van der Waals surface area (Å²) in [6, 6.07) is 12.4. The first-order chi connectivity index (χ1) is 8.25. The van der Waals surface area contributed by atoms with Gasteiger partial charge in [-0.2, -0.15) is 0 Å². The lowest BCUT2D eigenvalue weighted by atomic mass is 10.2. The Hall–Kier alpha value is -1.39. The van der Waals surface area contributed by atoms with E-state index in [9.17, 15) is 4.39 Å². The molecule has 1 N–H and O–H groups in total. The van der Waals surface area contributed by atoms with E-state index in [0.29, 0.717) is 10.7 Å². The summed E-state index contributed by atoms with van der Waals surface area (Å²) in [5.74, 6) is -0.330. The summed E-state index contributed by atoms with van der Waals surface area (Å²) in [4.78, 5) is 0. The Morgan fingerprint density at radius 1 is 1.12 bits per heavy atom. The minimum atomic E-state index is -0.330. The Balaban J connectivity index is 2.07. The van der Waals surface area contributed by atoms with Crippen molar-refractivity contribution in [1.29, 1.82) is 0 Å². The molecule has 5 heteroatoms. The van der Waals surface area contributed by atoms with Crippen LogP contribution in [-0.4, -0.2) is 0 Å². The molecule has 0 atom stereocenters. The molecule has 0 saturated heterocycles. The van der Waals surface area contributed by atoms with Crippen LogP contribution < -0.4 is 9.03 Å². The third-order valence-corrected chi connectivity index (χ3v) is 3.62. The number of nitrogens with one attached hydrogen (secondary N) is 1. The van der Waals surface area contributed by atoms with Crippen molar-refractivity contribution in [3.8, 4) is 0 Å². The number of fused-ring (bicyclic) bond motifs is 1. The van der Waals surface area contributed by atoms with E-state index in [1.54, 1.807) is 16.4 Å². The standard InChI is InChI=1S/C12H8ClFN2S/c13-8-5-6-11(9(14)7-8)16-12-4-2-1-3-10(12)15-17-16/h1-7,15H. The number of rotatable bonds is 1. The normalized spacial score (nSPS) is 13.4. The highest BCUT2D eigenvalue weighted by atomic mass is 35.5. The molecule has 3 rings (SSSR count). The highest BCUT2D eigenvalue weighted by Crippen LogP contribution is 2.45. The van der Waals surface area contributed by atoms with Crippen LogP contribution in [0.15, 0.2) is 42.5 Å². The number of para-hydroxylation sites is 2. The van der Waals surface area contributed by atoms with Gasteiger partial charge in [0.1, 0.15) is 5.82 Å². The molecule has 1 aliphatic heterocycles. The zero-order chi connectivity index (χ0) is 11.8. The van der Waals surface area contributed by atoms with E-state index in [0.717, 1.165) is 11.4 Å². The molecule has 0 saturated carbocycles. The lowest BCUT2D eigenvalue weighted by molar-refractivity contribution is 0.630. The Kier molecular flexibility index (Phi) is 2.61. The molecule has 2 aromatic carbocycles. The fraction of sp³-hybridized carbons (Fsp3) is 0. The number of benzene rings is 2. The van der Waals surface area contributed by atoms with E-state index in [4.69, 9.17) is 11.6 Å². The number of halogens is 2. The molecule has 0 amide bonds. The molecule has 1 heterocycles. The first kappa shape index (κ1) is 10.7. The second-order valence-electron chi connectivity index (χ2n) is 3.60. The molecule has 0 bridgehead atoms. The molecule has 2 aromatic rings.